The molecule has 0 aliphatic rings. The summed E-state index contributed by atoms with van der Waals surface area (Å²) in [6, 6.07) is 7.49. The highest BCUT2D eigenvalue weighted by Gasteiger charge is 2.08. The molecule has 0 fully saturated rings. The van der Waals surface area contributed by atoms with E-state index in [0.29, 0.717) is 12.3 Å². The van der Waals surface area contributed by atoms with Crippen molar-refractivity contribution in [3.05, 3.63) is 52.8 Å². The number of nitrogens with zero attached hydrogens (tertiary/aromatic N) is 1. The van der Waals surface area contributed by atoms with Gasteiger partial charge in [-0.1, -0.05) is 12.1 Å². The van der Waals surface area contributed by atoms with Gasteiger partial charge in [0, 0.05) is 18.0 Å². The van der Waals surface area contributed by atoms with Gasteiger partial charge in [-0.3, -0.25) is 4.79 Å². The summed E-state index contributed by atoms with van der Waals surface area (Å²) >= 11 is 0. The molecule has 0 radical (unpaired) electrons. The van der Waals surface area contributed by atoms with Crippen LogP contribution in [0.1, 0.15) is 5.56 Å². The summed E-state index contributed by atoms with van der Waals surface area (Å²) < 4.78 is 6.93. The van der Waals surface area contributed by atoms with Gasteiger partial charge >= 0.3 is 0 Å². The summed E-state index contributed by atoms with van der Waals surface area (Å²) in [6.07, 6.45) is 1.72. The fourth-order valence-corrected chi connectivity index (χ4v) is 1.95. The van der Waals surface area contributed by atoms with Gasteiger partial charge in [-0.05, 0) is 24.6 Å². The second-order valence-corrected chi connectivity index (χ2v) is 3.97. The Morgan fingerprint density at radius 3 is 2.82 bits per heavy atom. The van der Waals surface area contributed by atoms with Gasteiger partial charge in [0.05, 0.1) is 12.6 Å². The second kappa shape index (κ2) is 4.45. The molecule has 0 unspecified atom stereocenters. The number of aryl methyl sites for hydroxylation is 1. The molecule has 0 aliphatic carbocycles. The number of methoxy groups -OCH3 is 1. The third-order valence-electron chi connectivity index (χ3n) is 2.76. The summed E-state index contributed by atoms with van der Waals surface area (Å²) in [5.41, 5.74) is 1.93. The first-order valence-corrected chi connectivity index (χ1v) is 5.46. The lowest BCUT2D eigenvalue weighted by Gasteiger charge is -2.11. The fourth-order valence-electron chi connectivity index (χ4n) is 1.95. The first kappa shape index (κ1) is 11.5. The smallest absolute Gasteiger partial charge is 0.255 e. The van der Waals surface area contributed by atoms with E-state index in [9.17, 15) is 4.79 Å². The number of ether oxygens (including phenoxy) is 1. The first-order chi connectivity index (χ1) is 8.17. The SMILES string of the molecule is C=CCn1c(=O)cc(OC)c2ccc(C)cc21. The van der Waals surface area contributed by atoms with Gasteiger partial charge < -0.3 is 9.30 Å². The number of pyridine rings is 1. The maximum absolute atomic E-state index is 11.9. The molecule has 0 atom stereocenters. The fraction of sp³-hybridized carbons (Fsp3) is 0.214. The van der Waals surface area contributed by atoms with Crippen LogP contribution in [0.15, 0.2) is 41.7 Å². The van der Waals surface area contributed by atoms with Crippen LogP contribution >= 0.6 is 0 Å². The van der Waals surface area contributed by atoms with Crippen LogP contribution < -0.4 is 10.3 Å². The van der Waals surface area contributed by atoms with Crippen LogP contribution in [-0.4, -0.2) is 11.7 Å². The lowest BCUT2D eigenvalue weighted by Crippen LogP contribution is -2.19. The van der Waals surface area contributed by atoms with Crippen molar-refractivity contribution in [3.63, 3.8) is 0 Å². The van der Waals surface area contributed by atoms with Crippen LogP contribution in [0.5, 0.6) is 5.75 Å². The lowest BCUT2D eigenvalue weighted by atomic mass is 10.1. The summed E-state index contributed by atoms with van der Waals surface area (Å²) in [5.74, 6) is 0.616. The van der Waals surface area contributed by atoms with Gasteiger partial charge in [-0.2, -0.15) is 0 Å². The van der Waals surface area contributed by atoms with Crippen molar-refractivity contribution >= 4 is 10.9 Å². The van der Waals surface area contributed by atoms with E-state index >= 15 is 0 Å². The Labute approximate surface area is 100.0 Å². The van der Waals surface area contributed by atoms with Crippen LogP contribution in [-0.2, 0) is 6.54 Å². The van der Waals surface area contributed by atoms with Crippen LogP contribution in [0.3, 0.4) is 0 Å². The lowest BCUT2D eigenvalue weighted by molar-refractivity contribution is 0.418. The molecule has 0 amide bonds. The molecule has 88 valence electrons. The molecular formula is C14H15NO2. The Kier molecular flexibility index (Phi) is 3.00. The molecule has 0 bridgehead atoms. The van der Waals surface area contributed by atoms with E-state index in [2.05, 4.69) is 6.58 Å². The van der Waals surface area contributed by atoms with Crippen LogP contribution in [0.2, 0.25) is 0 Å². The summed E-state index contributed by atoms with van der Waals surface area (Å²) in [4.78, 5) is 11.9. The van der Waals surface area contributed by atoms with Gasteiger partial charge in [0.15, 0.2) is 0 Å². The molecule has 0 spiro atoms. The minimum Gasteiger partial charge on any atom is -0.496 e. The van der Waals surface area contributed by atoms with Crippen molar-refractivity contribution in [2.75, 3.05) is 7.11 Å². The molecule has 1 aromatic carbocycles. The molecule has 0 saturated carbocycles. The highest BCUT2D eigenvalue weighted by atomic mass is 16.5. The Balaban J connectivity index is 2.89. The minimum atomic E-state index is -0.0696. The molecule has 0 N–H and O–H groups in total. The Bertz CT molecular complexity index is 626. The average molecular weight is 229 g/mol. The van der Waals surface area contributed by atoms with E-state index in [1.165, 1.54) is 6.07 Å². The van der Waals surface area contributed by atoms with Crippen LogP contribution in [0.4, 0.5) is 0 Å². The highest BCUT2D eigenvalue weighted by molar-refractivity contribution is 5.86. The van der Waals surface area contributed by atoms with Gasteiger partial charge in [0.1, 0.15) is 5.75 Å². The summed E-state index contributed by atoms with van der Waals surface area (Å²) in [6.45, 7) is 6.18. The number of rotatable bonds is 3. The van der Waals surface area contributed by atoms with E-state index in [4.69, 9.17) is 4.74 Å². The maximum atomic E-state index is 11.9. The molecule has 17 heavy (non-hydrogen) atoms. The standard InChI is InChI=1S/C14H15NO2/c1-4-7-15-12-8-10(2)5-6-11(12)13(17-3)9-14(15)16/h4-6,8-9H,1,7H2,2-3H3. The van der Waals surface area contributed by atoms with Crippen molar-refractivity contribution < 1.29 is 4.74 Å². The van der Waals surface area contributed by atoms with E-state index in [-0.39, 0.29) is 5.56 Å². The quantitative estimate of drug-likeness (QED) is 0.757. The van der Waals surface area contributed by atoms with Gasteiger partial charge in [0.2, 0.25) is 0 Å². The summed E-state index contributed by atoms with van der Waals surface area (Å²) in [5, 5.41) is 0.944. The zero-order chi connectivity index (χ0) is 12.4. The molecule has 1 aromatic heterocycles. The Morgan fingerprint density at radius 2 is 2.18 bits per heavy atom. The minimum absolute atomic E-state index is 0.0696. The highest BCUT2D eigenvalue weighted by Crippen LogP contribution is 2.24. The summed E-state index contributed by atoms with van der Waals surface area (Å²) in [7, 11) is 1.58. The molecular weight excluding hydrogens is 214 g/mol. The third kappa shape index (κ3) is 1.96. The van der Waals surface area contributed by atoms with Crippen molar-refractivity contribution in [3.8, 4) is 5.75 Å². The second-order valence-electron chi connectivity index (χ2n) is 3.97. The molecule has 2 aromatic rings. The number of allylic oxidation sites excluding steroid dienone is 1. The average Bonchev–Trinajstić information content (AvgIpc) is 2.32. The zero-order valence-electron chi connectivity index (χ0n) is 10.1. The number of aromatic nitrogens is 1. The molecule has 0 saturated heterocycles. The zero-order valence-corrected chi connectivity index (χ0v) is 10.1. The van der Waals surface area contributed by atoms with Crippen molar-refractivity contribution in [2.45, 2.75) is 13.5 Å². The molecule has 1 heterocycles. The molecule has 2 rings (SSSR count). The Morgan fingerprint density at radius 1 is 1.41 bits per heavy atom. The topological polar surface area (TPSA) is 31.2 Å². The van der Waals surface area contributed by atoms with E-state index < -0.39 is 0 Å². The van der Waals surface area contributed by atoms with E-state index in [1.54, 1.807) is 17.8 Å². The van der Waals surface area contributed by atoms with Gasteiger partial charge in [-0.25, -0.2) is 0 Å². The Hall–Kier alpha value is -2.03. The molecule has 3 heteroatoms. The number of fused-ring (bicyclic) bond motifs is 1. The predicted molar refractivity (Wildman–Crippen MR) is 69.7 cm³/mol. The number of benzene rings is 1. The largest absolute Gasteiger partial charge is 0.496 e. The maximum Gasteiger partial charge on any atom is 0.255 e. The molecule has 3 nitrogen and oxygen atoms in total. The first-order valence-electron chi connectivity index (χ1n) is 5.46. The number of hydrogen-bond acceptors (Lipinski definition) is 2. The van der Waals surface area contributed by atoms with Gasteiger partial charge in [-0.15, -0.1) is 6.58 Å². The predicted octanol–water partition coefficient (Wildman–Crippen LogP) is 2.50. The monoisotopic (exact) mass is 229 g/mol. The number of hydrogen-bond donors (Lipinski definition) is 0. The van der Waals surface area contributed by atoms with Crippen molar-refractivity contribution in [2.24, 2.45) is 0 Å². The molecule has 0 aliphatic heterocycles. The normalized spacial score (nSPS) is 10.5. The van der Waals surface area contributed by atoms with Crippen molar-refractivity contribution in [1.29, 1.82) is 0 Å². The van der Waals surface area contributed by atoms with E-state index in [0.717, 1.165) is 16.5 Å². The van der Waals surface area contributed by atoms with E-state index in [1.807, 2.05) is 25.1 Å². The van der Waals surface area contributed by atoms with Crippen LogP contribution in [0, 0.1) is 6.92 Å². The van der Waals surface area contributed by atoms with Gasteiger partial charge in [0.25, 0.3) is 5.56 Å². The van der Waals surface area contributed by atoms with Crippen LogP contribution in [0.25, 0.3) is 10.9 Å². The van der Waals surface area contributed by atoms with Crippen molar-refractivity contribution in [1.82, 2.24) is 4.57 Å². The third-order valence-corrected chi connectivity index (χ3v) is 2.76.